The Labute approximate surface area is 135 Å². The van der Waals surface area contributed by atoms with E-state index in [9.17, 15) is 4.79 Å². The number of para-hydroxylation sites is 1. The van der Waals surface area contributed by atoms with Gasteiger partial charge in [-0.15, -0.1) is 0 Å². The average Bonchev–Trinajstić information content (AvgIpc) is 2.71. The molecule has 0 N–H and O–H groups in total. The van der Waals surface area contributed by atoms with E-state index in [0.717, 1.165) is 32.3 Å². The van der Waals surface area contributed by atoms with E-state index in [4.69, 9.17) is 0 Å². The third kappa shape index (κ3) is 2.29. The fourth-order valence-electron chi connectivity index (χ4n) is 2.87. The van der Waals surface area contributed by atoms with E-state index in [0.29, 0.717) is 6.42 Å². The van der Waals surface area contributed by atoms with Crippen LogP contribution in [0.2, 0.25) is 0 Å². The molecule has 4 heteroatoms. The van der Waals surface area contributed by atoms with Gasteiger partial charge in [-0.25, -0.2) is 0 Å². The number of aromatic nitrogens is 1. The van der Waals surface area contributed by atoms with Crippen molar-refractivity contribution < 1.29 is 4.79 Å². The lowest BCUT2D eigenvalue weighted by atomic mass is 9.76. The summed E-state index contributed by atoms with van der Waals surface area (Å²) in [6, 6.07) is 7.96. The molecule has 0 bridgehead atoms. The monoisotopic (exact) mass is 395 g/mol. The van der Waals surface area contributed by atoms with E-state index in [1.807, 2.05) is 30.5 Å². The Hall–Kier alpha value is -0.870. The minimum absolute atomic E-state index is 0.0217. The lowest BCUT2D eigenvalue weighted by Gasteiger charge is -2.30. The summed E-state index contributed by atoms with van der Waals surface area (Å²) in [5.41, 5.74) is 3.05. The molecule has 0 spiro atoms. The molecule has 104 valence electrons. The van der Waals surface area contributed by atoms with Crippen molar-refractivity contribution in [2.24, 2.45) is 5.41 Å². The topological polar surface area (TPSA) is 22.0 Å². The Balaban J connectivity index is 2.21. The molecule has 0 unspecified atom stereocenters. The summed E-state index contributed by atoms with van der Waals surface area (Å²) in [7, 11) is 0. The van der Waals surface area contributed by atoms with Crippen molar-refractivity contribution in [3.63, 3.8) is 0 Å². The first-order chi connectivity index (χ1) is 9.39. The second-order valence-corrected chi connectivity index (χ2v) is 7.77. The van der Waals surface area contributed by atoms with Crippen LogP contribution in [0.25, 0.3) is 5.69 Å². The number of carbonyl (C=O) groups is 1. The molecule has 0 atom stereocenters. The molecule has 0 amide bonds. The number of hydrogen-bond donors (Lipinski definition) is 0. The van der Waals surface area contributed by atoms with Crippen LogP contribution in [0.3, 0.4) is 0 Å². The van der Waals surface area contributed by atoms with Crippen molar-refractivity contribution >= 4 is 37.6 Å². The summed E-state index contributed by atoms with van der Waals surface area (Å²) < 4.78 is 4.16. The zero-order valence-corrected chi connectivity index (χ0v) is 14.6. The highest BCUT2D eigenvalue weighted by Gasteiger charge is 2.33. The van der Waals surface area contributed by atoms with Crippen LogP contribution < -0.4 is 0 Å². The molecule has 0 aliphatic heterocycles. The fraction of sp³-hybridized carbons (Fsp3) is 0.312. The van der Waals surface area contributed by atoms with Crippen LogP contribution in [0.5, 0.6) is 0 Å². The Morgan fingerprint density at radius 1 is 1.10 bits per heavy atom. The molecule has 2 nitrogen and oxygen atoms in total. The fourth-order valence-corrected chi connectivity index (χ4v) is 4.25. The maximum absolute atomic E-state index is 12.3. The number of Topliss-reactive ketones (excluding diaryl/α,β-unsaturated/α-hetero) is 1. The number of hydrogen-bond acceptors (Lipinski definition) is 1. The van der Waals surface area contributed by atoms with Crippen molar-refractivity contribution in [1.82, 2.24) is 4.57 Å². The average molecular weight is 397 g/mol. The highest BCUT2D eigenvalue weighted by Crippen LogP contribution is 2.38. The summed E-state index contributed by atoms with van der Waals surface area (Å²) in [6.45, 7) is 4.31. The standard InChI is InChI=1S/C16H15Br2NO/c1-16(2)8-13-10(14(20)9-16)6-7-19(13)15-11(17)4-3-5-12(15)18/h3-7H,8-9H2,1-2H3. The van der Waals surface area contributed by atoms with Crippen LogP contribution in [0.15, 0.2) is 39.4 Å². The number of carbonyl (C=O) groups excluding carboxylic acids is 1. The lowest BCUT2D eigenvalue weighted by Crippen LogP contribution is -2.27. The van der Waals surface area contributed by atoms with E-state index in [1.165, 1.54) is 0 Å². The molecule has 1 aromatic heterocycles. The number of benzene rings is 1. The smallest absolute Gasteiger partial charge is 0.165 e. The molecular formula is C16H15Br2NO. The Morgan fingerprint density at radius 2 is 1.75 bits per heavy atom. The van der Waals surface area contributed by atoms with E-state index < -0.39 is 0 Å². The molecule has 0 fully saturated rings. The Morgan fingerprint density at radius 3 is 2.40 bits per heavy atom. The summed E-state index contributed by atoms with van der Waals surface area (Å²) in [5, 5.41) is 0. The van der Waals surface area contributed by atoms with Crippen LogP contribution in [-0.2, 0) is 6.42 Å². The Bertz CT molecular complexity index is 680. The van der Waals surface area contributed by atoms with Crippen molar-refractivity contribution in [3.05, 3.63) is 50.7 Å². The van der Waals surface area contributed by atoms with Gasteiger partial charge in [-0.3, -0.25) is 4.79 Å². The maximum Gasteiger partial charge on any atom is 0.165 e. The van der Waals surface area contributed by atoms with Gasteiger partial charge in [0.15, 0.2) is 5.78 Å². The van der Waals surface area contributed by atoms with E-state index in [-0.39, 0.29) is 11.2 Å². The number of ketones is 1. The van der Waals surface area contributed by atoms with Gasteiger partial charge in [0.2, 0.25) is 0 Å². The molecule has 20 heavy (non-hydrogen) atoms. The number of halogens is 2. The zero-order valence-electron chi connectivity index (χ0n) is 11.4. The predicted molar refractivity (Wildman–Crippen MR) is 87.6 cm³/mol. The third-order valence-electron chi connectivity index (χ3n) is 3.76. The second-order valence-electron chi connectivity index (χ2n) is 6.06. The van der Waals surface area contributed by atoms with Crippen LogP contribution in [0.4, 0.5) is 0 Å². The van der Waals surface area contributed by atoms with Gasteiger partial charge in [-0.05, 0) is 61.9 Å². The zero-order chi connectivity index (χ0) is 14.5. The molecule has 1 heterocycles. The van der Waals surface area contributed by atoms with Gasteiger partial charge in [0.25, 0.3) is 0 Å². The van der Waals surface area contributed by atoms with Crippen LogP contribution in [-0.4, -0.2) is 10.4 Å². The third-order valence-corrected chi connectivity index (χ3v) is 5.04. The van der Waals surface area contributed by atoms with E-state index in [2.05, 4.69) is 50.3 Å². The van der Waals surface area contributed by atoms with Gasteiger partial charge in [0.1, 0.15) is 0 Å². The van der Waals surface area contributed by atoms with Gasteiger partial charge in [0.05, 0.1) is 5.69 Å². The van der Waals surface area contributed by atoms with Crippen molar-refractivity contribution in [2.45, 2.75) is 26.7 Å². The summed E-state index contributed by atoms with van der Waals surface area (Å²) in [4.78, 5) is 12.3. The molecule has 0 saturated carbocycles. The molecule has 0 radical (unpaired) electrons. The van der Waals surface area contributed by atoms with Gasteiger partial charge >= 0.3 is 0 Å². The first kappa shape index (κ1) is 14.1. The van der Waals surface area contributed by atoms with E-state index in [1.54, 1.807) is 0 Å². The summed E-state index contributed by atoms with van der Waals surface area (Å²) in [6.07, 6.45) is 3.53. The SMILES string of the molecule is CC1(C)CC(=O)c2ccn(-c3c(Br)cccc3Br)c2C1. The maximum atomic E-state index is 12.3. The van der Waals surface area contributed by atoms with Gasteiger partial charge < -0.3 is 4.57 Å². The van der Waals surface area contributed by atoms with Gasteiger partial charge in [-0.1, -0.05) is 19.9 Å². The molecule has 2 aromatic rings. The van der Waals surface area contributed by atoms with E-state index >= 15 is 0 Å². The first-order valence-electron chi connectivity index (χ1n) is 6.57. The molecule has 1 aliphatic rings. The number of nitrogens with zero attached hydrogens (tertiary/aromatic N) is 1. The lowest BCUT2D eigenvalue weighted by molar-refractivity contribution is 0.0911. The molecule has 3 rings (SSSR count). The number of fused-ring (bicyclic) bond motifs is 1. The van der Waals surface area contributed by atoms with Gasteiger partial charge in [-0.2, -0.15) is 0 Å². The van der Waals surface area contributed by atoms with Crippen LogP contribution >= 0.6 is 31.9 Å². The molecule has 1 aliphatic carbocycles. The molecular weight excluding hydrogens is 382 g/mol. The second kappa shape index (κ2) is 4.85. The summed E-state index contributed by atoms with van der Waals surface area (Å²) >= 11 is 7.21. The predicted octanol–water partition coefficient (Wildman–Crippen LogP) is 5.16. The van der Waals surface area contributed by atoms with Crippen molar-refractivity contribution in [2.75, 3.05) is 0 Å². The highest BCUT2D eigenvalue weighted by atomic mass is 79.9. The summed E-state index contributed by atoms with van der Waals surface area (Å²) in [5.74, 6) is 0.248. The minimum Gasteiger partial charge on any atom is -0.318 e. The highest BCUT2D eigenvalue weighted by molar-refractivity contribution is 9.11. The largest absolute Gasteiger partial charge is 0.318 e. The van der Waals surface area contributed by atoms with Crippen molar-refractivity contribution in [3.8, 4) is 5.69 Å². The number of rotatable bonds is 1. The Kier molecular flexibility index (Phi) is 3.41. The minimum atomic E-state index is 0.0217. The van der Waals surface area contributed by atoms with Crippen molar-refractivity contribution in [1.29, 1.82) is 0 Å². The normalized spacial score (nSPS) is 17.1. The molecule has 0 saturated heterocycles. The van der Waals surface area contributed by atoms with Crippen LogP contribution in [0.1, 0.15) is 36.3 Å². The first-order valence-corrected chi connectivity index (χ1v) is 8.15. The quantitative estimate of drug-likeness (QED) is 0.652. The molecule has 1 aromatic carbocycles. The van der Waals surface area contributed by atoms with Gasteiger partial charge in [0, 0.05) is 32.8 Å². The van der Waals surface area contributed by atoms with Crippen LogP contribution in [0, 0.1) is 5.41 Å².